The molecule has 2 fully saturated rings. The molecule has 4 amide bonds. The van der Waals surface area contributed by atoms with Gasteiger partial charge in [-0.3, -0.25) is 19.2 Å². The highest BCUT2D eigenvalue weighted by atomic mass is 32.1. The number of benzene rings is 4. The van der Waals surface area contributed by atoms with Crippen LogP contribution in [-0.4, -0.2) is 56.5 Å². The summed E-state index contributed by atoms with van der Waals surface area (Å²) in [6.07, 6.45) is 7.81. The first-order chi connectivity index (χ1) is 29.3. The van der Waals surface area contributed by atoms with Gasteiger partial charge >= 0.3 is 0 Å². The molecule has 0 unspecified atom stereocenters. The average Bonchev–Trinajstić information content (AvgIpc) is 4.15. The van der Waals surface area contributed by atoms with Crippen molar-refractivity contribution in [2.75, 3.05) is 13.1 Å². The zero-order valence-electron chi connectivity index (χ0n) is 33.8. The lowest BCUT2D eigenvalue weighted by atomic mass is 10.0. The van der Waals surface area contributed by atoms with Crippen LogP contribution in [0.4, 0.5) is 0 Å². The van der Waals surface area contributed by atoms with E-state index >= 15 is 0 Å². The predicted molar refractivity (Wildman–Crippen MR) is 237 cm³/mol. The number of nitrogens with zero attached hydrogens (tertiary/aromatic N) is 4. The molecule has 10 nitrogen and oxygen atoms in total. The first kappa shape index (κ1) is 40.8. The van der Waals surface area contributed by atoms with Crippen LogP contribution in [0, 0.1) is 0 Å². The Morgan fingerprint density at radius 3 is 1.30 bits per heavy atom. The van der Waals surface area contributed by atoms with E-state index in [1.165, 1.54) is 0 Å². The number of carbonyl (C=O) groups excluding carboxylic acids is 4. The molecule has 306 valence electrons. The van der Waals surface area contributed by atoms with Gasteiger partial charge in [-0.05, 0) is 59.1 Å². The summed E-state index contributed by atoms with van der Waals surface area (Å²) in [7, 11) is 0. The molecule has 2 aliphatic heterocycles. The summed E-state index contributed by atoms with van der Waals surface area (Å²) in [5.41, 5.74) is 5.86. The lowest BCUT2D eigenvalue weighted by molar-refractivity contribution is -0.137. The normalized spacial score (nSPS) is 17.3. The molecule has 0 radical (unpaired) electrons. The quantitative estimate of drug-likeness (QED) is 0.120. The number of nitrogens with one attached hydrogen (secondary N) is 2. The van der Waals surface area contributed by atoms with Gasteiger partial charge in [0.2, 0.25) is 23.6 Å². The average molecular weight is 837 g/mol. The summed E-state index contributed by atoms with van der Waals surface area (Å²) < 4.78 is 0. The van der Waals surface area contributed by atoms with Gasteiger partial charge in [-0.2, -0.15) is 0 Å². The topological polar surface area (TPSA) is 125 Å². The highest BCUT2D eigenvalue weighted by molar-refractivity contribution is 7.15. The maximum Gasteiger partial charge on any atom is 0.250 e. The van der Waals surface area contributed by atoms with Gasteiger partial charge in [-0.1, -0.05) is 123 Å². The third-order valence-electron chi connectivity index (χ3n) is 11.4. The van der Waals surface area contributed by atoms with Crippen LogP contribution in [0.15, 0.2) is 122 Å². The van der Waals surface area contributed by atoms with Crippen LogP contribution in [-0.2, 0) is 19.2 Å². The van der Waals surface area contributed by atoms with Gasteiger partial charge in [0.05, 0.1) is 21.8 Å². The Morgan fingerprint density at radius 2 is 0.933 bits per heavy atom. The summed E-state index contributed by atoms with van der Waals surface area (Å²) in [5.74, 6) is -0.523. The second kappa shape index (κ2) is 18.5. The summed E-state index contributed by atoms with van der Waals surface area (Å²) in [4.78, 5) is 68.3. The van der Waals surface area contributed by atoms with Crippen LogP contribution in [0.3, 0.4) is 0 Å². The molecular weight excluding hydrogens is 789 g/mol. The van der Waals surface area contributed by atoms with Crippen LogP contribution in [0.2, 0.25) is 0 Å². The highest BCUT2D eigenvalue weighted by Crippen LogP contribution is 2.41. The van der Waals surface area contributed by atoms with Gasteiger partial charge in [0, 0.05) is 38.3 Å². The van der Waals surface area contributed by atoms with Crippen LogP contribution in [0.1, 0.15) is 97.7 Å². The van der Waals surface area contributed by atoms with E-state index in [0.717, 1.165) is 78.8 Å². The highest BCUT2D eigenvalue weighted by Gasteiger charge is 2.38. The van der Waals surface area contributed by atoms with Gasteiger partial charge < -0.3 is 20.4 Å². The smallest absolute Gasteiger partial charge is 0.250 e. The maximum absolute atomic E-state index is 14.0. The Bertz CT molecular complexity index is 2260. The van der Waals surface area contributed by atoms with Crippen LogP contribution in [0.25, 0.3) is 32.0 Å². The van der Waals surface area contributed by atoms with E-state index in [4.69, 9.17) is 9.97 Å². The molecule has 2 N–H and O–H groups in total. The van der Waals surface area contributed by atoms with E-state index in [2.05, 4.69) is 59.2 Å². The Hall–Kier alpha value is -5.98. The van der Waals surface area contributed by atoms with Gasteiger partial charge in [0.1, 0.15) is 22.1 Å². The number of likely N-dealkylation sites (tertiary alicyclic amines) is 2. The molecule has 4 heterocycles. The fourth-order valence-electron chi connectivity index (χ4n) is 8.10. The van der Waals surface area contributed by atoms with Gasteiger partial charge in [-0.25, -0.2) is 9.97 Å². The summed E-state index contributed by atoms with van der Waals surface area (Å²) in [6.45, 7) is 4.82. The number of rotatable bonds is 13. The maximum atomic E-state index is 14.0. The molecule has 6 aromatic rings. The van der Waals surface area contributed by atoms with E-state index in [9.17, 15) is 19.2 Å². The number of carbonyl (C=O) groups is 4. The van der Waals surface area contributed by atoms with Gasteiger partial charge in [-0.15, -0.1) is 22.7 Å². The number of hydrogen-bond donors (Lipinski definition) is 2. The monoisotopic (exact) mass is 836 g/mol. The summed E-state index contributed by atoms with van der Waals surface area (Å²) >= 11 is 3.22. The lowest BCUT2D eigenvalue weighted by Gasteiger charge is -2.28. The standard InChI is InChI=1S/C48H48N6O4S2/c1-3-41(55)51-43(35-13-7-5-8-14-35)47(57)53-27-11-17-37(53)45-49-29-39(59-45)33-23-19-31(20-24-33)32-21-25-34(26-22-32)40-30-50-46(60-40)38-18-12-28-54(38)48(58)44(52-42(56)4-2)36-15-9-6-10-16-36/h5-10,13-16,19-26,29-30,37-38,43-44H,3-4,11-12,17-18,27-28H2,1-2H3,(H,51,55)(H,52,56)/t37-,38-,43-,44+/m0/s1. The lowest BCUT2D eigenvalue weighted by Crippen LogP contribution is -2.42. The molecule has 60 heavy (non-hydrogen) atoms. The van der Waals surface area contributed by atoms with Crippen LogP contribution in [0.5, 0.6) is 0 Å². The third-order valence-corrected chi connectivity index (χ3v) is 13.7. The second-order valence-electron chi connectivity index (χ2n) is 15.2. The fourth-order valence-corrected chi connectivity index (χ4v) is 10.2. The molecule has 2 saturated heterocycles. The molecule has 0 spiro atoms. The van der Waals surface area contributed by atoms with Crippen molar-refractivity contribution in [2.45, 2.75) is 76.5 Å². The van der Waals surface area contributed by atoms with Crippen molar-refractivity contribution in [3.05, 3.63) is 143 Å². The van der Waals surface area contributed by atoms with Gasteiger partial charge in [0.25, 0.3) is 0 Å². The second-order valence-corrected chi connectivity index (χ2v) is 17.3. The van der Waals surface area contributed by atoms with Crippen molar-refractivity contribution in [3.8, 4) is 32.0 Å². The van der Waals surface area contributed by atoms with E-state index in [1.807, 2.05) is 82.9 Å². The molecule has 8 rings (SSSR count). The zero-order valence-corrected chi connectivity index (χ0v) is 35.4. The molecule has 2 aliphatic rings. The number of aromatic nitrogens is 2. The first-order valence-corrected chi connectivity index (χ1v) is 22.4. The molecule has 4 atom stereocenters. The Morgan fingerprint density at radius 1 is 0.567 bits per heavy atom. The number of amides is 4. The zero-order chi connectivity index (χ0) is 41.6. The van der Waals surface area contributed by atoms with Crippen molar-refractivity contribution < 1.29 is 19.2 Å². The molecule has 2 aromatic heterocycles. The Kier molecular flexibility index (Phi) is 12.6. The van der Waals surface area contributed by atoms with E-state index in [1.54, 1.807) is 36.5 Å². The SMILES string of the molecule is CCC(=O)N[C@H](C(=O)N1CCC[C@H]1c1ncc(-c2ccc(-c3ccc(-c4cnc([C@@H]5CCCN5C(=O)[C@H](NC(=O)CC)c5ccccc5)s4)cc3)cc2)s1)c1ccccc1. The van der Waals surface area contributed by atoms with Crippen molar-refractivity contribution in [1.29, 1.82) is 0 Å². The largest absolute Gasteiger partial charge is 0.341 e. The minimum absolute atomic E-state index is 0.104. The Balaban J connectivity index is 0.928. The first-order valence-electron chi connectivity index (χ1n) is 20.7. The Labute approximate surface area is 358 Å². The fraction of sp³-hybridized carbons (Fsp3) is 0.292. The summed E-state index contributed by atoms with van der Waals surface area (Å²) in [6, 6.07) is 34.1. The van der Waals surface area contributed by atoms with Crippen LogP contribution >= 0.6 is 22.7 Å². The molecule has 0 saturated carbocycles. The molecule has 0 aliphatic carbocycles. The molecule has 4 aromatic carbocycles. The van der Waals surface area contributed by atoms with E-state index in [-0.39, 0.29) is 35.7 Å². The van der Waals surface area contributed by atoms with Crippen molar-refractivity contribution in [2.24, 2.45) is 0 Å². The number of hydrogen-bond acceptors (Lipinski definition) is 8. The molecular formula is C48H48N6O4S2. The minimum Gasteiger partial charge on any atom is -0.341 e. The van der Waals surface area contributed by atoms with Crippen LogP contribution < -0.4 is 10.6 Å². The third kappa shape index (κ3) is 8.80. The minimum atomic E-state index is -0.735. The summed E-state index contributed by atoms with van der Waals surface area (Å²) in [5, 5.41) is 7.71. The van der Waals surface area contributed by atoms with Crippen molar-refractivity contribution in [3.63, 3.8) is 0 Å². The van der Waals surface area contributed by atoms with E-state index in [0.29, 0.717) is 25.9 Å². The van der Waals surface area contributed by atoms with Crippen molar-refractivity contribution in [1.82, 2.24) is 30.4 Å². The number of thiazole rings is 2. The van der Waals surface area contributed by atoms with Gasteiger partial charge in [0.15, 0.2) is 0 Å². The van der Waals surface area contributed by atoms with E-state index < -0.39 is 12.1 Å². The molecule has 12 heteroatoms. The predicted octanol–water partition coefficient (Wildman–Crippen LogP) is 9.46. The molecule has 0 bridgehead atoms. The van der Waals surface area contributed by atoms with Crippen molar-refractivity contribution >= 4 is 46.3 Å².